The Morgan fingerprint density at radius 1 is 1.29 bits per heavy atom. The van der Waals surface area contributed by atoms with Crippen LogP contribution in [0.2, 0.25) is 0 Å². The molecule has 0 radical (unpaired) electrons. The number of carbonyl (C=O) groups excluding carboxylic acids is 1. The molecule has 6 heteroatoms. The maximum absolute atomic E-state index is 11.1. The van der Waals surface area contributed by atoms with Gasteiger partial charge in [-0.3, -0.25) is 4.79 Å². The number of methoxy groups -OCH3 is 1. The van der Waals surface area contributed by atoms with Crippen LogP contribution in [0.5, 0.6) is 0 Å². The molecule has 0 saturated carbocycles. The highest BCUT2D eigenvalue weighted by Gasteiger charge is 2.11. The largest absolute Gasteiger partial charge is 0.469 e. The number of ether oxygens (including phenoxy) is 1. The molecule has 1 rings (SSSR count). The zero-order valence-corrected chi connectivity index (χ0v) is 10.7. The van der Waals surface area contributed by atoms with Crippen LogP contribution in [0.25, 0.3) is 0 Å². The Morgan fingerprint density at radius 2 is 2.00 bits per heavy atom. The number of aryl methyl sites for hydroxylation is 2. The minimum atomic E-state index is -0.236. The first-order valence-electron chi connectivity index (χ1n) is 5.58. The SMILES string of the molecule is CCN(CCC(=O)OC)c1nnc(C)c(C)n1. The number of nitrogens with zero attached hydrogens (tertiary/aromatic N) is 4. The number of esters is 1. The topological polar surface area (TPSA) is 68.2 Å². The van der Waals surface area contributed by atoms with E-state index in [9.17, 15) is 4.79 Å². The first-order chi connectivity index (χ1) is 8.08. The summed E-state index contributed by atoms with van der Waals surface area (Å²) >= 11 is 0. The molecule has 0 saturated heterocycles. The molecule has 0 N–H and O–H groups in total. The van der Waals surface area contributed by atoms with E-state index in [1.54, 1.807) is 0 Å². The van der Waals surface area contributed by atoms with Crippen LogP contribution >= 0.6 is 0 Å². The highest BCUT2D eigenvalue weighted by atomic mass is 16.5. The van der Waals surface area contributed by atoms with Crippen molar-refractivity contribution in [2.45, 2.75) is 27.2 Å². The van der Waals surface area contributed by atoms with Crippen LogP contribution in [0.1, 0.15) is 24.7 Å². The van der Waals surface area contributed by atoms with E-state index in [-0.39, 0.29) is 5.97 Å². The predicted molar refractivity (Wildman–Crippen MR) is 63.8 cm³/mol. The molecule has 0 unspecified atom stereocenters. The number of rotatable bonds is 5. The maximum atomic E-state index is 11.1. The summed E-state index contributed by atoms with van der Waals surface area (Å²) in [6.07, 6.45) is 0.320. The molecule has 1 aromatic rings. The molecule has 6 nitrogen and oxygen atoms in total. The molecule has 0 amide bonds. The van der Waals surface area contributed by atoms with Crippen molar-refractivity contribution in [1.29, 1.82) is 0 Å². The third kappa shape index (κ3) is 3.65. The van der Waals surface area contributed by atoms with Crippen LogP contribution in [0.3, 0.4) is 0 Å². The maximum Gasteiger partial charge on any atom is 0.307 e. The Morgan fingerprint density at radius 3 is 2.53 bits per heavy atom. The molecule has 0 spiro atoms. The monoisotopic (exact) mass is 238 g/mol. The fourth-order valence-electron chi connectivity index (χ4n) is 1.31. The van der Waals surface area contributed by atoms with Gasteiger partial charge in [-0.25, -0.2) is 4.98 Å². The van der Waals surface area contributed by atoms with Crippen molar-refractivity contribution in [2.24, 2.45) is 0 Å². The van der Waals surface area contributed by atoms with Gasteiger partial charge in [0.2, 0.25) is 5.95 Å². The normalized spacial score (nSPS) is 10.1. The summed E-state index contributed by atoms with van der Waals surface area (Å²) in [4.78, 5) is 17.3. The third-order valence-corrected chi connectivity index (χ3v) is 2.56. The second kappa shape index (κ2) is 6.12. The van der Waals surface area contributed by atoms with Gasteiger partial charge < -0.3 is 9.64 Å². The van der Waals surface area contributed by atoms with E-state index in [1.165, 1.54) is 7.11 Å². The van der Waals surface area contributed by atoms with Gasteiger partial charge in [-0.2, -0.15) is 5.10 Å². The molecule has 0 aliphatic heterocycles. The molecule has 17 heavy (non-hydrogen) atoms. The standard InChI is InChI=1S/C11H18N4O2/c1-5-15(7-6-10(16)17-4)11-12-8(2)9(3)13-14-11/h5-7H2,1-4H3. The molecule has 0 aromatic carbocycles. The summed E-state index contributed by atoms with van der Waals surface area (Å²) in [5.41, 5.74) is 1.67. The van der Waals surface area contributed by atoms with E-state index in [1.807, 2.05) is 25.7 Å². The quantitative estimate of drug-likeness (QED) is 0.709. The Bertz CT molecular complexity index is 395. The summed E-state index contributed by atoms with van der Waals surface area (Å²) in [7, 11) is 1.38. The van der Waals surface area contributed by atoms with Gasteiger partial charge in [0, 0.05) is 13.1 Å². The minimum Gasteiger partial charge on any atom is -0.469 e. The van der Waals surface area contributed by atoms with E-state index in [0.717, 1.165) is 17.9 Å². The van der Waals surface area contributed by atoms with Crippen molar-refractivity contribution in [3.8, 4) is 0 Å². The molecule has 0 fully saturated rings. The van der Waals surface area contributed by atoms with Crippen LogP contribution in [0, 0.1) is 13.8 Å². The first-order valence-corrected chi connectivity index (χ1v) is 5.58. The lowest BCUT2D eigenvalue weighted by Crippen LogP contribution is -2.28. The summed E-state index contributed by atoms with van der Waals surface area (Å²) < 4.78 is 4.60. The lowest BCUT2D eigenvalue weighted by atomic mass is 10.3. The zero-order valence-electron chi connectivity index (χ0n) is 10.7. The molecular formula is C11H18N4O2. The molecule has 0 atom stereocenters. The Balaban J connectivity index is 2.72. The summed E-state index contributed by atoms with van der Waals surface area (Å²) in [6, 6.07) is 0. The fraction of sp³-hybridized carbons (Fsp3) is 0.636. The zero-order chi connectivity index (χ0) is 12.8. The third-order valence-electron chi connectivity index (χ3n) is 2.56. The Hall–Kier alpha value is -1.72. The van der Waals surface area contributed by atoms with Crippen molar-refractivity contribution in [3.63, 3.8) is 0 Å². The molecule has 1 heterocycles. The first kappa shape index (κ1) is 13.3. The number of anilines is 1. The fourth-order valence-corrected chi connectivity index (χ4v) is 1.31. The van der Waals surface area contributed by atoms with Crippen LogP contribution in [-0.2, 0) is 9.53 Å². The van der Waals surface area contributed by atoms with Gasteiger partial charge in [-0.1, -0.05) is 0 Å². The Labute approximate surface area is 101 Å². The summed E-state index contributed by atoms with van der Waals surface area (Å²) in [6.45, 7) is 7.00. The van der Waals surface area contributed by atoms with Crippen molar-refractivity contribution in [2.75, 3.05) is 25.1 Å². The van der Waals surface area contributed by atoms with Gasteiger partial charge in [0.1, 0.15) is 0 Å². The number of aromatic nitrogens is 3. The molecular weight excluding hydrogens is 220 g/mol. The molecule has 0 bridgehead atoms. The smallest absolute Gasteiger partial charge is 0.307 e. The second-order valence-electron chi connectivity index (χ2n) is 3.69. The van der Waals surface area contributed by atoms with Crippen LogP contribution in [0.4, 0.5) is 5.95 Å². The lowest BCUT2D eigenvalue weighted by molar-refractivity contribution is -0.140. The van der Waals surface area contributed by atoms with E-state index in [0.29, 0.717) is 18.9 Å². The van der Waals surface area contributed by atoms with Gasteiger partial charge in [-0.15, -0.1) is 5.10 Å². The van der Waals surface area contributed by atoms with E-state index >= 15 is 0 Å². The molecule has 0 aliphatic rings. The summed E-state index contributed by atoms with van der Waals surface area (Å²) in [5.74, 6) is 0.319. The van der Waals surface area contributed by atoms with Crippen molar-refractivity contribution < 1.29 is 9.53 Å². The molecule has 0 aliphatic carbocycles. The average molecular weight is 238 g/mol. The van der Waals surface area contributed by atoms with Gasteiger partial charge in [0.15, 0.2) is 0 Å². The van der Waals surface area contributed by atoms with Crippen molar-refractivity contribution in [1.82, 2.24) is 15.2 Å². The number of carbonyl (C=O) groups is 1. The predicted octanol–water partition coefficient (Wildman–Crippen LogP) is 0.878. The molecule has 1 aromatic heterocycles. The highest BCUT2D eigenvalue weighted by Crippen LogP contribution is 2.08. The number of hydrogen-bond acceptors (Lipinski definition) is 6. The number of hydrogen-bond donors (Lipinski definition) is 0. The van der Waals surface area contributed by atoms with Gasteiger partial charge >= 0.3 is 5.97 Å². The van der Waals surface area contributed by atoms with Crippen molar-refractivity contribution >= 4 is 11.9 Å². The highest BCUT2D eigenvalue weighted by molar-refractivity contribution is 5.69. The average Bonchev–Trinajstić information content (AvgIpc) is 2.33. The van der Waals surface area contributed by atoms with Gasteiger partial charge in [-0.05, 0) is 20.8 Å². The van der Waals surface area contributed by atoms with Crippen LogP contribution < -0.4 is 4.90 Å². The van der Waals surface area contributed by atoms with Gasteiger partial charge in [0.05, 0.1) is 24.9 Å². The van der Waals surface area contributed by atoms with E-state index < -0.39 is 0 Å². The van der Waals surface area contributed by atoms with E-state index in [2.05, 4.69) is 19.9 Å². The summed E-state index contributed by atoms with van der Waals surface area (Å²) in [5, 5.41) is 8.05. The second-order valence-corrected chi connectivity index (χ2v) is 3.69. The lowest BCUT2D eigenvalue weighted by Gasteiger charge is -2.19. The van der Waals surface area contributed by atoms with Crippen LogP contribution in [0.15, 0.2) is 0 Å². The van der Waals surface area contributed by atoms with Gasteiger partial charge in [0.25, 0.3) is 0 Å². The van der Waals surface area contributed by atoms with Crippen molar-refractivity contribution in [3.05, 3.63) is 11.4 Å². The Kier molecular flexibility index (Phi) is 4.81. The minimum absolute atomic E-state index is 0.236. The molecule has 94 valence electrons. The van der Waals surface area contributed by atoms with Crippen LogP contribution in [-0.4, -0.2) is 41.3 Å². The van der Waals surface area contributed by atoms with E-state index in [4.69, 9.17) is 0 Å².